The highest BCUT2D eigenvalue weighted by atomic mass is 19.4. The van der Waals surface area contributed by atoms with Crippen LogP contribution in [0.2, 0.25) is 0 Å². The van der Waals surface area contributed by atoms with E-state index in [0.717, 1.165) is 37.7 Å². The summed E-state index contributed by atoms with van der Waals surface area (Å²) in [5, 5.41) is 12.8. The van der Waals surface area contributed by atoms with Gasteiger partial charge in [0.15, 0.2) is 0 Å². The quantitative estimate of drug-likeness (QED) is 0.744. The van der Waals surface area contributed by atoms with Crippen LogP contribution in [-0.4, -0.2) is 53.1 Å². The number of β-amino-alcohol motifs (C(OH)–C–C–N with tert-alkyl or cyclic N) is 1. The number of alkyl halides is 3. The van der Waals surface area contributed by atoms with Gasteiger partial charge < -0.3 is 20.2 Å². The zero-order valence-electron chi connectivity index (χ0n) is 17.4. The fraction of sp³-hybridized carbons (Fsp3) is 0.500. The zero-order chi connectivity index (χ0) is 22.5. The van der Waals surface area contributed by atoms with E-state index in [0.29, 0.717) is 18.7 Å². The molecule has 3 fully saturated rings. The Balaban J connectivity index is 1.33. The number of halogens is 3. The highest BCUT2D eigenvalue weighted by Crippen LogP contribution is 2.48. The summed E-state index contributed by atoms with van der Waals surface area (Å²) in [4.78, 5) is 23.5. The van der Waals surface area contributed by atoms with Crippen molar-refractivity contribution in [2.45, 2.75) is 38.0 Å². The lowest BCUT2D eigenvalue weighted by atomic mass is 9.62. The Morgan fingerprint density at radius 2 is 1.91 bits per heavy atom. The Labute approximate surface area is 183 Å². The number of piperidine rings is 1. The molecule has 3 aliphatic rings. The van der Waals surface area contributed by atoms with Crippen LogP contribution in [0.4, 0.5) is 36.3 Å². The van der Waals surface area contributed by atoms with Gasteiger partial charge in [0.05, 0.1) is 11.5 Å². The number of carbonyl (C=O) groups excluding carboxylic acids is 1. The molecule has 32 heavy (non-hydrogen) atoms. The summed E-state index contributed by atoms with van der Waals surface area (Å²) in [7, 11) is 0. The van der Waals surface area contributed by atoms with Crippen molar-refractivity contribution in [1.29, 1.82) is 0 Å². The first kappa shape index (κ1) is 21.0. The summed E-state index contributed by atoms with van der Waals surface area (Å²) in [5.41, 5.74) is 0.230. The van der Waals surface area contributed by atoms with Gasteiger partial charge in [-0.3, -0.25) is 4.79 Å². The van der Waals surface area contributed by atoms with E-state index in [1.807, 2.05) is 24.3 Å². The molecule has 0 radical (unpaired) electrons. The molecule has 2 aliphatic heterocycles. The van der Waals surface area contributed by atoms with Crippen LogP contribution < -0.4 is 15.1 Å². The zero-order valence-corrected chi connectivity index (χ0v) is 17.4. The highest BCUT2D eigenvalue weighted by molar-refractivity contribution is 5.93. The second-order valence-electron chi connectivity index (χ2n) is 8.90. The third-order valence-corrected chi connectivity index (χ3v) is 6.67. The Kier molecular flexibility index (Phi) is 4.99. The van der Waals surface area contributed by atoms with Crippen LogP contribution in [-0.2, 0) is 11.0 Å². The van der Waals surface area contributed by atoms with Gasteiger partial charge in [0.25, 0.3) is 0 Å². The van der Waals surface area contributed by atoms with Crippen molar-refractivity contribution < 1.29 is 23.1 Å². The number of aliphatic hydroxyl groups is 1. The van der Waals surface area contributed by atoms with E-state index in [-0.39, 0.29) is 36.7 Å². The molecule has 5 rings (SSSR count). The lowest BCUT2D eigenvalue weighted by Crippen LogP contribution is -2.65. The van der Waals surface area contributed by atoms with Gasteiger partial charge in [-0.2, -0.15) is 18.2 Å². The molecule has 1 spiro atoms. The van der Waals surface area contributed by atoms with E-state index in [9.17, 15) is 23.1 Å². The van der Waals surface area contributed by atoms with Gasteiger partial charge in [-0.25, -0.2) is 4.98 Å². The predicted octanol–water partition coefficient (Wildman–Crippen LogP) is 3.37. The van der Waals surface area contributed by atoms with Gasteiger partial charge in [0.1, 0.15) is 17.2 Å². The summed E-state index contributed by atoms with van der Waals surface area (Å²) in [6.07, 6.45) is -1.18. The maximum atomic E-state index is 13.5. The summed E-state index contributed by atoms with van der Waals surface area (Å²) in [6, 6.07) is 7.41. The third kappa shape index (κ3) is 3.76. The Hall–Kier alpha value is -2.88. The highest BCUT2D eigenvalue weighted by Gasteiger charge is 2.56. The molecule has 170 valence electrons. The van der Waals surface area contributed by atoms with Crippen molar-refractivity contribution in [3.05, 3.63) is 36.0 Å². The van der Waals surface area contributed by atoms with E-state index in [1.165, 1.54) is 4.90 Å². The van der Waals surface area contributed by atoms with Crippen molar-refractivity contribution in [1.82, 2.24) is 9.97 Å². The average Bonchev–Trinajstić information content (AvgIpc) is 2.72. The van der Waals surface area contributed by atoms with Gasteiger partial charge in [-0.05, 0) is 43.5 Å². The van der Waals surface area contributed by atoms with Crippen LogP contribution in [0.5, 0.6) is 0 Å². The molecule has 2 aromatic rings. The number of anilines is 4. The molecule has 1 aromatic heterocycles. The van der Waals surface area contributed by atoms with Crippen LogP contribution >= 0.6 is 0 Å². The molecule has 7 nitrogen and oxygen atoms in total. The molecule has 0 amide bonds. The number of carbonyl (C=O) groups is 1. The molecule has 2 N–H and O–H groups in total. The molecule has 1 aromatic carbocycles. The van der Waals surface area contributed by atoms with E-state index >= 15 is 0 Å². The molecule has 1 aliphatic carbocycles. The molecule has 1 saturated carbocycles. The van der Waals surface area contributed by atoms with Crippen molar-refractivity contribution in [3.63, 3.8) is 0 Å². The molecular weight excluding hydrogens is 423 g/mol. The molecule has 10 heteroatoms. The third-order valence-electron chi connectivity index (χ3n) is 6.67. The number of nitrogens with one attached hydrogen (secondary N) is 1. The number of rotatable bonds is 4. The lowest BCUT2D eigenvalue weighted by Gasteiger charge is -2.54. The van der Waals surface area contributed by atoms with Crippen LogP contribution in [0.15, 0.2) is 30.5 Å². The Bertz CT molecular complexity index is 1020. The first-order valence-electron chi connectivity index (χ1n) is 10.8. The van der Waals surface area contributed by atoms with Crippen molar-refractivity contribution in [2.24, 2.45) is 5.41 Å². The van der Waals surface area contributed by atoms with Gasteiger partial charge in [-0.1, -0.05) is 0 Å². The lowest BCUT2D eigenvalue weighted by molar-refractivity contribution is -0.140. The van der Waals surface area contributed by atoms with Crippen molar-refractivity contribution in [3.8, 4) is 0 Å². The summed E-state index contributed by atoms with van der Waals surface area (Å²) in [5.74, 6) is -0.00897. The maximum absolute atomic E-state index is 13.5. The summed E-state index contributed by atoms with van der Waals surface area (Å²) < 4.78 is 40.6. The minimum absolute atomic E-state index is 0.0648. The Morgan fingerprint density at radius 1 is 1.16 bits per heavy atom. The number of Topliss-reactive ketones (excluding diaryl/α,β-unsaturated/α-hetero) is 1. The number of aromatic nitrogens is 2. The first-order valence-corrected chi connectivity index (χ1v) is 10.8. The van der Waals surface area contributed by atoms with Gasteiger partial charge >= 0.3 is 6.18 Å². The number of aliphatic hydroxyl groups excluding tert-OH is 1. The minimum Gasteiger partial charge on any atom is -0.391 e. The maximum Gasteiger partial charge on any atom is 0.421 e. The average molecular weight is 447 g/mol. The first-order chi connectivity index (χ1) is 15.2. The number of nitrogens with zero attached hydrogens (tertiary/aromatic N) is 4. The number of hydrogen-bond donors (Lipinski definition) is 2. The number of benzene rings is 1. The van der Waals surface area contributed by atoms with E-state index in [1.54, 1.807) is 0 Å². The summed E-state index contributed by atoms with van der Waals surface area (Å²) >= 11 is 0. The Morgan fingerprint density at radius 3 is 2.50 bits per heavy atom. The second-order valence-corrected chi connectivity index (χ2v) is 8.90. The molecule has 3 heterocycles. The van der Waals surface area contributed by atoms with E-state index < -0.39 is 17.2 Å². The van der Waals surface area contributed by atoms with Gasteiger partial charge in [0, 0.05) is 50.2 Å². The largest absolute Gasteiger partial charge is 0.421 e. The monoisotopic (exact) mass is 447 g/mol. The standard InChI is InChI=1S/C22H24F3N5O2/c23-22(24,25)17-10-26-20(28-19(17)30-12-21(13-30)8-7-18(21)32)27-14-3-5-15(6-4-14)29-9-1-2-16(31)11-29/h3-6,10,16,31H,1-2,7-9,11-13H2,(H,26,27,28). The van der Waals surface area contributed by atoms with Crippen LogP contribution in [0.3, 0.4) is 0 Å². The summed E-state index contributed by atoms with van der Waals surface area (Å²) in [6.45, 7) is 1.98. The molecule has 1 atom stereocenters. The van der Waals surface area contributed by atoms with Crippen molar-refractivity contribution >= 4 is 28.9 Å². The molecule has 2 saturated heterocycles. The molecule has 1 unspecified atom stereocenters. The van der Waals surface area contributed by atoms with Crippen LogP contribution in [0.1, 0.15) is 31.2 Å². The number of ketones is 1. The SMILES string of the molecule is O=C1CCC12CN(c1nc(Nc3ccc(N4CCCC(O)C4)cc3)ncc1C(F)(F)F)C2. The fourth-order valence-electron chi connectivity index (χ4n) is 4.70. The number of hydrogen-bond acceptors (Lipinski definition) is 7. The predicted molar refractivity (Wildman–Crippen MR) is 113 cm³/mol. The topological polar surface area (TPSA) is 81.6 Å². The normalized spacial score (nSPS) is 22.5. The van der Waals surface area contributed by atoms with E-state index in [4.69, 9.17) is 0 Å². The van der Waals surface area contributed by atoms with Crippen LogP contribution in [0, 0.1) is 5.41 Å². The molecular formula is C22H24F3N5O2. The van der Waals surface area contributed by atoms with E-state index in [2.05, 4.69) is 20.2 Å². The second kappa shape index (κ2) is 7.61. The molecule has 0 bridgehead atoms. The fourth-order valence-corrected chi connectivity index (χ4v) is 4.70. The van der Waals surface area contributed by atoms with Gasteiger partial charge in [0.2, 0.25) is 5.95 Å². The minimum atomic E-state index is -4.58. The van der Waals surface area contributed by atoms with Gasteiger partial charge in [-0.15, -0.1) is 0 Å². The van der Waals surface area contributed by atoms with Crippen LogP contribution in [0.25, 0.3) is 0 Å². The van der Waals surface area contributed by atoms with Crippen molar-refractivity contribution in [2.75, 3.05) is 41.3 Å². The smallest absolute Gasteiger partial charge is 0.391 e.